The summed E-state index contributed by atoms with van der Waals surface area (Å²) in [5.41, 5.74) is 5.77. The van der Waals surface area contributed by atoms with Gasteiger partial charge >= 0.3 is 0 Å². The molecule has 4 nitrogen and oxygen atoms in total. The van der Waals surface area contributed by atoms with Gasteiger partial charge in [0.25, 0.3) is 0 Å². The maximum Gasteiger partial charge on any atom is 0.211 e. The third-order valence-corrected chi connectivity index (χ3v) is 1.80. The van der Waals surface area contributed by atoms with Gasteiger partial charge in [0.15, 0.2) is 0 Å². The lowest BCUT2D eigenvalue weighted by atomic mass is 10.2. The van der Waals surface area contributed by atoms with Crippen LogP contribution in [-0.4, -0.2) is 24.0 Å². The summed E-state index contributed by atoms with van der Waals surface area (Å²) in [6.07, 6.45) is 2.59. The highest BCUT2D eigenvalue weighted by molar-refractivity contribution is 4.97. The number of rotatable bonds is 4. The molecular weight excluding hydrogens is 166 g/mol. The van der Waals surface area contributed by atoms with Gasteiger partial charge in [-0.3, -0.25) is 0 Å². The van der Waals surface area contributed by atoms with Crippen LogP contribution < -0.4 is 5.73 Å². The highest BCUT2D eigenvalue weighted by Gasteiger charge is 2.10. The number of aromatic nitrogens is 1. The molecule has 2 N–H and O–H groups in total. The van der Waals surface area contributed by atoms with E-state index in [9.17, 15) is 0 Å². The van der Waals surface area contributed by atoms with Crippen LogP contribution in [0.1, 0.15) is 31.0 Å². The van der Waals surface area contributed by atoms with Crippen molar-refractivity contribution in [2.24, 2.45) is 5.73 Å². The summed E-state index contributed by atoms with van der Waals surface area (Å²) in [5, 5.41) is 0. The second-order valence-electron chi connectivity index (χ2n) is 3.42. The second kappa shape index (κ2) is 4.39. The van der Waals surface area contributed by atoms with Gasteiger partial charge in [0.2, 0.25) is 5.89 Å². The van der Waals surface area contributed by atoms with Crippen molar-refractivity contribution in [3.63, 3.8) is 0 Å². The van der Waals surface area contributed by atoms with E-state index >= 15 is 0 Å². The van der Waals surface area contributed by atoms with Crippen molar-refractivity contribution in [3.8, 4) is 0 Å². The van der Waals surface area contributed by atoms with Crippen molar-refractivity contribution in [2.45, 2.75) is 25.9 Å². The lowest BCUT2D eigenvalue weighted by molar-refractivity contribution is 0.331. The number of nitrogens with zero attached hydrogens (tertiary/aromatic N) is 2. The molecule has 0 aromatic carbocycles. The molecule has 1 unspecified atom stereocenters. The van der Waals surface area contributed by atoms with Crippen LogP contribution in [0.15, 0.2) is 10.6 Å². The van der Waals surface area contributed by atoms with Crippen molar-refractivity contribution in [1.29, 1.82) is 0 Å². The third-order valence-electron chi connectivity index (χ3n) is 1.80. The Morgan fingerprint density at radius 1 is 1.62 bits per heavy atom. The summed E-state index contributed by atoms with van der Waals surface area (Å²) in [4.78, 5) is 6.15. The van der Waals surface area contributed by atoms with Gasteiger partial charge in [-0.05, 0) is 20.5 Å². The summed E-state index contributed by atoms with van der Waals surface area (Å²) >= 11 is 0. The number of nitrogens with two attached hydrogens (primary N) is 1. The minimum Gasteiger partial charge on any atom is -0.443 e. The first-order valence-corrected chi connectivity index (χ1v) is 4.48. The fourth-order valence-electron chi connectivity index (χ4n) is 1.05. The van der Waals surface area contributed by atoms with Crippen molar-refractivity contribution in [2.75, 3.05) is 14.1 Å². The van der Waals surface area contributed by atoms with Gasteiger partial charge in [0.05, 0.1) is 18.8 Å². The lowest BCUT2D eigenvalue weighted by Crippen LogP contribution is -2.10. The predicted molar refractivity (Wildman–Crippen MR) is 51.1 cm³/mol. The van der Waals surface area contributed by atoms with Gasteiger partial charge < -0.3 is 15.1 Å². The zero-order valence-electron chi connectivity index (χ0n) is 8.45. The largest absolute Gasteiger partial charge is 0.443 e. The molecule has 0 bridgehead atoms. The van der Waals surface area contributed by atoms with E-state index in [1.54, 1.807) is 6.20 Å². The monoisotopic (exact) mass is 183 g/mol. The zero-order chi connectivity index (χ0) is 9.84. The van der Waals surface area contributed by atoms with Crippen LogP contribution in [0.5, 0.6) is 0 Å². The van der Waals surface area contributed by atoms with E-state index in [0.29, 0.717) is 5.89 Å². The standard InChI is InChI=1S/C9H17N3O/c1-4-8(10)9-11-5-7(13-9)6-12(2)3/h5,8H,4,6,10H2,1-3H3. The quantitative estimate of drug-likeness (QED) is 0.760. The Kier molecular flexibility index (Phi) is 3.45. The van der Waals surface area contributed by atoms with E-state index in [2.05, 4.69) is 4.98 Å². The van der Waals surface area contributed by atoms with E-state index in [1.165, 1.54) is 0 Å². The fourth-order valence-corrected chi connectivity index (χ4v) is 1.05. The van der Waals surface area contributed by atoms with Crippen molar-refractivity contribution in [1.82, 2.24) is 9.88 Å². The molecule has 0 aliphatic rings. The first-order chi connectivity index (χ1) is 6.13. The molecule has 0 amide bonds. The molecule has 4 heteroatoms. The smallest absolute Gasteiger partial charge is 0.211 e. The Hall–Kier alpha value is -0.870. The van der Waals surface area contributed by atoms with E-state index < -0.39 is 0 Å². The second-order valence-corrected chi connectivity index (χ2v) is 3.42. The van der Waals surface area contributed by atoms with Crippen molar-refractivity contribution < 1.29 is 4.42 Å². The maximum absolute atomic E-state index is 5.77. The summed E-state index contributed by atoms with van der Waals surface area (Å²) in [6, 6.07) is -0.0732. The summed E-state index contributed by atoms with van der Waals surface area (Å²) in [5.74, 6) is 1.50. The lowest BCUT2D eigenvalue weighted by Gasteiger charge is -2.06. The SMILES string of the molecule is CCC(N)c1ncc(CN(C)C)o1. The van der Waals surface area contributed by atoms with Crippen LogP contribution in [-0.2, 0) is 6.54 Å². The Labute approximate surface area is 78.7 Å². The van der Waals surface area contributed by atoms with E-state index in [-0.39, 0.29) is 6.04 Å². The first kappa shape index (κ1) is 10.2. The molecule has 0 spiro atoms. The van der Waals surface area contributed by atoms with Gasteiger partial charge in [-0.2, -0.15) is 0 Å². The molecule has 0 fully saturated rings. The zero-order valence-corrected chi connectivity index (χ0v) is 8.45. The van der Waals surface area contributed by atoms with Crippen LogP contribution in [0.2, 0.25) is 0 Å². The minimum absolute atomic E-state index is 0.0732. The van der Waals surface area contributed by atoms with Crippen LogP contribution >= 0.6 is 0 Å². The van der Waals surface area contributed by atoms with Crippen LogP contribution in [0, 0.1) is 0 Å². The van der Waals surface area contributed by atoms with Gasteiger partial charge in [0, 0.05) is 0 Å². The van der Waals surface area contributed by atoms with Gasteiger partial charge in [-0.15, -0.1) is 0 Å². The normalized spacial score (nSPS) is 13.6. The summed E-state index contributed by atoms with van der Waals surface area (Å²) in [6.45, 7) is 2.78. The highest BCUT2D eigenvalue weighted by atomic mass is 16.4. The molecular formula is C9H17N3O. The predicted octanol–water partition coefficient (Wildman–Crippen LogP) is 1.15. The molecule has 13 heavy (non-hydrogen) atoms. The summed E-state index contributed by atoms with van der Waals surface area (Å²) in [7, 11) is 3.98. The van der Waals surface area contributed by atoms with Gasteiger partial charge in [0.1, 0.15) is 5.76 Å². The molecule has 1 heterocycles. The van der Waals surface area contributed by atoms with Crippen LogP contribution in [0.25, 0.3) is 0 Å². The molecule has 0 aliphatic heterocycles. The maximum atomic E-state index is 5.77. The molecule has 0 saturated carbocycles. The van der Waals surface area contributed by atoms with E-state index in [1.807, 2.05) is 25.9 Å². The highest BCUT2D eigenvalue weighted by Crippen LogP contribution is 2.14. The Morgan fingerprint density at radius 2 is 2.31 bits per heavy atom. The average Bonchev–Trinajstić information content (AvgIpc) is 2.50. The minimum atomic E-state index is -0.0732. The van der Waals surface area contributed by atoms with Crippen molar-refractivity contribution >= 4 is 0 Å². The van der Waals surface area contributed by atoms with Crippen LogP contribution in [0.3, 0.4) is 0 Å². The Bertz CT molecular complexity index is 257. The third kappa shape index (κ3) is 2.82. The topological polar surface area (TPSA) is 55.3 Å². The van der Waals surface area contributed by atoms with Gasteiger partial charge in [-0.1, -0.05) is 6.92 Å². The van der Waals surface area contributed by atoms with Crippen LogP contribution in [0.4, 0.5) is 0 Å². The van der Waals surface area contributed by atoms with E-state index in [4.69, 9.17) is 10.2 Å². The number of oxazole rings is 1. The number of hydrogen-bond donors (Lipinski definition) is 1. The molecule has 0 radical (unpaired) electrons. The molecule has 1 aromatic heterocycles. The Balaban J connectivity index is 2.63. The molecule has 74 valence electrons. The molecule has 0 saturated heterocycles. The molecule has 1 aromatic rings. The Morgan fingerprint density at radius 3 is 2.85 bits per heavy atom. The summed E-state index contributed by atoms with van der Waals surface area (Å²) < 4.78 is 5.47. The molecule has 0 aliphatic carbocycles. The fraction of sp³-hybridized carbons (Fsp3) is 0.667. The molecule has 1 atom stereocenters. The van der Waals surface area contributed by atoms with Gasteiger partial charge in [-0.25, -0.2) is 4.98 Å². The average molecular weight is 183 g/mol. The first-order valence-electron chi connectivity index (χ1n) is 4.48. The van der Waals surface area contributed by atoms with E-state index in [0.717, 1.165) is 18.7 Å². The number of hydrogen-bond acceptors (Lipinski definition) is 4. The molecule has 1 rings (SSSR count). The van der Waals surface area contributed by atoms with Crippen molar-refractivity contribution in [3.05, 3.63) is 17.8 Å².